The number of pyridine rings is 1. The van der Waals surface area contributed by atoms with Gasteiger partial charge in [-0.2, -0.15) is 0 Å². The molecule has 0 bridgehead atoms. The minimum absolute atomic E-state index is 0.514. The molecule has 2 nitrogen and oxygen atoms in total. The van der Waals surface area contributed by atoms with Gasteiger partial charge in [0.1, 0.15) is 5.65 Å². The normalized spacial score (nSPS) is 11.9. The maximum atomic E-state index is 4.78. The number of hydrogen-bond acceptors (Lipinski definition) is 1. The van der Waals surface area contributed by atoms with Crippen molar-refractivity contribution >= 4 is 5.65 Å². The third kappa shape index (κ3) is 2.36. The molecule has 0 amide bonds. The first kappa shape index (κ1) is 12.2. The fraction of sp³-hybridized carbons (Fsp3) is 0.533. The number of fused-ring (bicyclic) bond motifs is 1. The van der Waals surface area contributed by atoms with Gasteiger partial charge in [0.25, 0.3) is 0 Å². The van der Waals surface area contributed by atoms with E-state index >= 15 is 0 Å². The summed E-state index contributed by atoms with van der Waals surface area (Å²) in [6.07, 6.45) is 3.26. The fourth-order valence-electron chi connectivity index (χ4n) is 2.37. The predicted molar refractivity (Wildman–Crippen MR) is 72.6 cm³/mol. The highest BCUT2D eigenvalue weighted by atomic mass is 15.0. The first-order valence-corrected chi connectivity index (χ1v) is 6.46. The minimum atomic E-state index is 0.514. The van der Waals surface area contributed by atoms with Gasteiger partial charge in [0.05, 0.1) is 5.69 Å². The Bertz CT molecular complexity index is 521. The summed E-state index contributed by atoms with van der Waals surface area (Å²) < 4.78 is 2.26. The number of aromatic nitrogens is 2. The number of rotatable bonds is 3. The second kappa shape index (κ2) is 4.52. The summed E-state index contributed by atoms with van der Waals surface area (Å²) in [5.74, 6) is 1.17. The molecule has 0 radical (unpaired) electrons. The van der Waals surface area contributed by atoms with E-state index in [1.807, 2.05) is 0 Å². The molecule has 17 heavy (non-hydrogen) atoms. The number of aryl methyl sites for hydroxylation is 1. The van der Waals surface area contributed by atoms with Gasteiger partial charge in [-0.3, -0.25) is 0 Å². The van der Waals surface area contributed by atoms with Crippen LogP contribution in [0, 0.1) is 12.8 Å². The van der Waals surface area contributed by atoms with E-state index in [2.05, 4.69) is 57.3 Å². The summed E-state index contributed by atoms with van der Waals surface area (Å²) in [6, 6.07) is 4.25. The second-order valence-electron chi connectivity index (χ2n) is 5.63. The van der Waals surface area contributed by atoms with Crippen molar-refractivity contribution in [3.8, 4) is 0 Å². The summed E-state index contributed by atoms with van der Waals surface area (Å²) >= 11 is 0. The van der Waals surface area contributed by atoms with Crippen molar-refractivity contribution in [3.63, 3.8) is 0 Å². The zero-order chi connectivity index (χ0) is 12.6. The molecule has 0 atom stereocenters. The summed E-state index contributed by atoms with van der Waals surface area (Å²) in [7, 11) is 0. The van der Waals surface area contributed by atoms with Crippen LogP contribution in [-0.4, -0.2) is 9.38 Å². The molecule has 2 heteroatoms. The van der Waals surface area contributed by atoms with Crippen LogP contribution in [0.1, 0.15) is 50.6 Å². The Balaban J connectivity index is 2.63. The molecule has 2 aromatic rings. The van der Waals surface area contributed by atoms with E-state index in [-0.39, 0.29) is 0 Å². The molecule has 0 aliphatic rings. The largest absolute Gasteiger partial charge is 0.303 e. The molecule has 0 saturated carbocycles. The number of nitrogens with zero attached hydrogens (tertiary/aromatic N) is 2. The van der Waals surface area contributed by atoms with Gasteiger partial charge >= 0.3 is 0 Å². The van der Waals surface area contributed by atoms with E-state index in [1.165, 1.54) is 17.0 Å². The maximum absolute atomic E-state index is 4.78. The molecule has 0 fully saturated rings. The number of hydrogen-bond donors (Lipinski definition) is 0. The van der Waals surface area contributed by atoms with Crippen LogP contribution >= 0.6 is 0 Å². The fourth-order valence-corrected chi connectivity index (χ4v) is 2.37. The summed E-state index contributed by atoms with van der Waals surface area (Å²) in [6.45, 7) is 11.1. The van der Waals surface area contributed by atoms with Crippen LogP contribution in [0.15, 0.2) is 18.3 Å². The Hall–Kier alpha value is -1.31. The van der Waals surface area contributed by atoms with Crippen LogP contribution in [0.25, 0.3) is 5.65 Å². The number of imidazole rings is 1. The van der Waals surface area contributed by atoms with Gasteiger partial charge in [-0.1, -0.05) is 33.8 Å². The maximum Gasteiger partial charge on any atom is 0.137 e. The molecular weight excluding hydrogens is 208 g/mol. The highest BCUT2D eigenvalue weighted by molar-refractivity contribution is 5.45. The highest BCUT2D eigenvalue weighted by Gasteiger charge is 2.15. The Labute approximate surface area is 104 Å². The van der Waals surface area contributed by atoms with Gasteiger partial charge in [0.2, 0.25) is 0 Å². The monoisotopic (exact) mass is 230 g/mol. The van der Waals surface area contributed by atoms with E-state index in [0.717, 1.165) is 12.1 Å². The smallest absolute Gasteiger partial charge is 0.137 e. The first-order valence-electron chi connectivity index (χ1n) is 6.46. The van der Waals surface area contributed by atoms with Crippen molar-refractivity contribution in [1.82, 2.24) is 9.38 Å². The van der Waals surface area contributed by atoms with Gasteiger partial charge in [-0.25, -0.2) is 4.98 Å². The average Bonchev–Trinajstić information content (AvgIpc) is 2.53. The van der Waals surface area contributed by atoms with Crippen LogP contribution < -0.4 is 0 Å². The van der Waals surface area contributed by atoms with E-state index in [0.29, 0.717) is 11.8 Å². The van der Waals surface area contributed by atoms with Crippen LogP contribution in [-0.2, 0) is 6.42 Å². The molecule has 0 saturated heterocycles. The minimum Gasteiger partial charge on any atom is -0.303 e. The lowest BCUT2D eigenvalue weighted by molar-refractivity contribution is 0.626. The van der Waals surface area contributed by atoms with Crippen LogP contribution in [0.5, 0.6) is 0 Å². The molecular formula is C15H22N2. The molecule has 0 spiro atoms. The SMILES string of the molecule is Cc1ccc2nc(CC(C)C)c(C(C)C)n2c1. The van der Waals surface area contributed by atoms with E-state index in [9.17, 15) is 0 Å². The average molecular weight is 230 g/mol. The van der Waals surface area contributed by atoms with Crippen molar-refractivity contribution in [3.05, 3.63) is 35.3 Å². The van der Waals surface area contributed by atoms with Crippen LogP contribution in [0.2, 0.25) is 0 Å². The Morgan fingerprint density at radius 3 is 2.47 bits per heavy atom. The van der Waals surface area contributed by atoms with Crippen molar-refractivity contribution in [2.24, 2.45) is 5.92 Å². The summed E-state index contributed by atoms with van der Waals surface area (Å²) in [5.41, 5.74) is 5.00. The second-order valence-corrected chi connectivity index (χ2v) is 5.63. The van der Waals surface area contributed by atoms with Crippen molar-refractivity contribution in [2.75, 3.05) is 0 Å². The zero-order valence-electron chi connectivity index (χ0n) is 11.5. The summed E-state index contributed by atoms with van der Waals surface area (Å²) in [4.78, 5) is 4.78. The lowest BCUT2D eigenvalue weighted by Crippen LogP contribution is -2.02. The lowest BCUT2D eigenvalue weighted by atomic mass is 10.0. The molecule has 0 unspecified atom stereocenters. The third-order valence-electron chi connectivity index (χ3n) is 3.03. The van der Waals surface area contributed by atoms with Gasteiger partial charge in [0.15, 0.2) is 0 Å². The Morgan fingerprint density at radius 1 is 1.18 bits per heavy atom. The molecule has 2 aromatic heterocycles. The highest BCUT2D eigenvalue weighted by Crippen LogP contribution is 2.24. The quantitative estimate of drug-likeness (QED) is 0.780. The molecule has 0 aliphatic carbocycles. The van der Waals surface area contributed by atoms with Crippen LogP contribution in [0.3, 0.4) is 0 Å². The predicted octanol–water partition coefficient (Wildman–Crippen LogP) is 3.96. The van der Waals surface area contributed by atoms with Crippen molar-refractivity contribution < 1.29 is 0 Å². The van der Waals surface area contributed by atoms with Gasteiger partial charge in [0, 0.05) is 11.9 Å². The van der Waals surface area contributed by atoms with E-state index < -0.39 is 0 Å². The first-order chi connectivity index (χ1) is 7.99. The van der Waals surface area contributed by atoms with Gasteiger partial charge < -0.3 is 4.40 Å². The zero-order valence-corrected chi connectivity index (χ0v) is 11.5. The molecule has 2 heterocycles. The lowest BCUT2D eigenvalue weighted by Gasteiger charge is -2.10. The molecule has 0 aromatic carbocycles. The van der Waals surface area contributed by atoms with Crippen LogP contribution in [0.4, 0.5) is 0 Å². The van der Waals surface area contributed by atoms with Crippen molar-refractivity contribution in [2.45, 2.75) is 47.0 Å². The summed E-state index contributed by atoms with van der Waals surface area (Å²) in [5, 5.41) is 0. The Morgan fingerprint density at radius 2 is 1.88 bits per heavy atom. The molecule has 0 aliphatic heterocycles. The third-order valence-corrected chi connectivity index (χ3v) is 3.03. The van der Waals surface area contributed by atoms with Crippen molar-refractivity contribution in [1.29, 1.82) is 0 Å². The Kier molecular flexibility index (Phi) is 3.23. The van der Waals surface area contributed by atoms with Gasteiger partial charge in [-0.15, -0.1) is 0 Å². The standard InChI is InChI=1S/C15H22N2/c1-10(2)8-13-15(11(3)4)17-9-12(5)6-7-14(17)16-13/h6-7,9-11H,8H2,1-5H3. The molecule has 0 N–H and O–H groups in total. The topological polar surface area (TPSA) is 17.3 Å². The molecule has 2 rings (SSSR count). The van der Waals surface area contributed by atoms with E-state index in [4.69, 9.17) is 4.98 Å². The van der Waals surface area contributed by atoms with Gasteiger partial charge in [-0.05, 0) is 36.8 Å². The van der Waals surface area contributed by atoms with E-state index in [1.54, 1.807) is 0 Å². The molecule has 92 valence electrons.